The topological polar surface area (TPSA) is 88.1 Å². The molecule has 2 aromatic heterocycles. The molecule has 5 rings (SSSR count). The van der Waals surface area contributed by atoms with Crippen LogP contribution < -0.4 is 15.4 Å². The van der Waals surface area contributed by atoms with Gasteiger partial charge in [-0.3, -0.25) is 0 Å². The molecular formula is C27H31N7O. The SMILES string of the molecule is CN(C)C1CCC(Nc2ncc3ncnc(Nc4ccc(OCc5ccccc5)cc4)c3n2)CC1. The smallest absolute Gasteiger partial charge is 0.223 e. The zero-order chi connectivity index (χ0) is 24.0. The molecule has 35 heavy (non-hydrogen) atoms. The maximum atomic E-state index is 5.89. The van der Waals surface area contributed by atoms with Crippen LogP contribution in [0, 0.1) is 0 Å². The highest BCUT2D eigenvalue weighted by Gasteiger charge is 2.23. The minimum absolute atomic E-state index is 0.383. The lowest BCUT2D eigenvalue weighted by Crippen LogP contribution is -2.36. The molecule has 1 saturated carbocycles. The average Bonchev–Trinajstić information content (AvgIpc) is 2.89. The van der Waals surface area contributed by atoms with Gasteiger partial charge in [-0.25, -0.2) is 19.9 Å². The van der Waals surface area contributed by atoms with Crippen molar-refractivity contribution in [1.82, 2.24) is 24.8 Å². The fourth-order valence-electron chi connectivity index (χ4n) is 4.45. The van der Waals surface area contributed by atoms with Crippen molar-refractivity contribution in [2.75, 3.05) is 24.7 Å². The number of aromatic nitrogens is 4. The van der Waals surface area contributed by atoms with Crippen LogP contribution in [0.3, 0.4) is 0 Å². The van der Waals surface area contributed by atoms with Crippen molar-refractivity contribution >= 4 is 28.5 Å². The van der Waals surface area contributed by atoms with Gasteiger partial charge in [0.05, 0.1) is 6.20 Å². The van der Waals surface area contributed by atoms with Crippen molar-refractivity contribution in [3.05, 3.63) is 72.7 Å². The van der Waals surface area contributed by atoms with Gasteiger partial charge in [-0.2, -0.15) is 0 Å². The molecule has 8 heteroatoms. The second-order valence-corrected chi connectivity index (χ2v) is 9.19. The maximum Gasteiger partial charge on any atom is 0.223 e. The van der Waals surface area contributed by atoms with Crippen molar-refractivity contribution in [2.24, 2.45) is 0 Å². The first kappa shape index (κ1) is 23.0. The maximum absolute atomic E-state index is 5.89. The number of hydrogen-bond donors (Lipinski definition) is 2. The van der Waals surface area contributed by atoms with E-state index in [0.717, 1.165) is 29.8 Å². The lowest BCUT2D eigenvalue weighted by atomic mass is 9.91. The van der Waals surface area contributed by atoms with Crippen LogP contribution in [0.4, 0.5) is 17.5 Å². The zero-order valence-electron chi connectivity index (χ0n) is 20.2. The molecule has 0 amide bonds. The third kappa shape index (κ3) is 5.84. The second-order valence-electron chi connectivity index (χ2n) is 9.19. The Balaban J connectivity index is 1.25. The zero-order valence-corrected chi connectivity index (χ0v) is 20.2. The molecular weight excluding hydrogens is 438 g/mol. The number of rotatable bonds is 8. The van der Waals surface area contributed by atoms with Gasteiger partial charge in [-0.1, -0.05) is 30.3 Å². The summed E-state index contributed by atoms with van der Waals surface area (Å²) >= 11 is 0. The van der Waals surface area contributed by atoms with Gasteiger partial charge < -0.3 is 20.3 Å². The molecule has 2 N–H and O–H groups in total. The molecule has 0 radical (unpaired) electrons. The van der Waals surface area contributed by atoms with E-state index < -0.39 is 0 Å². The Morgan fingerprint density at radius 2 is 1.69 bits per heavy atom. The van der Waals surface area contributed by atoms with Gasteiger partial charge >= 0.3 is 0 Å². The van der Waals surface area contributed by atoms with E-state index in [-0.39, 0.29) is 0 Å². The monoisotopic (exact) mass is 469 g/mol. The number of benzene rings is 2. The summed E-state index contributed by atoms with van der Waals surface area (Å²) < 4.78 is 5.89. The van der Waals surface area contributed by atoms with Crippen LogP contribution in [0.2, 0.25) is 0 Å². The van der Waals surface area contributed by atoms with Crippen LogP contribution in [-0.2, 0) is 6.61 Å². The summed E-state index contributed by atoms with van der Waals surface area (Å²) in [6.07, 6.45) is 7.86. The predicted octanol–water partition coefficient (Wildman–Crippen LogP) is 5.03. The summed E-state index contributed by atoms with van der Waals surface area (Å²) in [5, 5.41) is 6.88. The molecule has 0 saturated heterocycles. The van der Waals surface area contributed by atoms with Crippen LogP contribution in [0.1, 0.15) is 31.2 Å². The summed E-state index contributed by atoms with van der Waals surface area (Å²) in [5.74, 6) is 2.08. The molecule has 180 valence electrons. The molecule has 0 atom stereocenters. The quantitative estimate of drug-likeness (QED) is 0.372. The fourth-order valence-corrected chi connectivity index (χ4v) is 4.45. The molecule has 2 aromatic carbocycles. The third-order valence-electron chi connectivity index (χ3n) is 6.50. The van der Waals surface area contributed by atoms with Crippen LogP contribution >= 0.6 is 0 Å². The second kappa shape index (κ2) is 10.7. The Hall–Kier alpha value is -3.78. The van der Waals surface area contributed by atoms with E-state index in [2.05, 4.69) is 56.7 Å². The summed E-state index contributed by atoms with van der Waals surface area (Å²) in [5.41, 5.74) is 3.42. The minimum Gasteiger partial charge on any atom is -0.489 e. The molecule has 0 bridgehead atoms. The van der Waals surface area contributed by atoms with E-state index in [0.29, 0.717) is 41.5 Å². The van der Waals surface area contributed by atoms with E-state index in [9.17, 15) is 0 Å². The first-order valence-electron chi connectivity index (χ1n) is 12.1. The standard InChI is InChI=1S/C27H31N7O/c1-34(2)22-12-8-21(9-13-22)32-27-28-16-24-25(33-27)26(30-18-29-24)31-20-10-14-23(15-11-20)35-17-19-6-4-3-5-7-19/h3-7,10-11,14-16,18,21-22H,8-9,12-13,17H2,1-2H3,(H,28,32,33)(H,29,30,31). The van der Waals surface area contributed by atoms with Crippen LogP contribution in [0.15, 0.2) is 67.1 Å². The highest BCUT2D eigenvalue weighted by Crippen LogP contribution is 2.26. The Labute approximate surface area is 205 Å². The van der Waals surface area contributed by atoms with Crippen molar-refractivity contribution in [2.45, 2.75) is 44.4 Å². The van der Waals surface area contributed by atoms with Crippen LogP contribution in [0.5, 0.6) is 5.75 Å². The lowest BCUT2D eigenvalue weighted by Gasteiger charge is -2.32. The van der Waals surface area contributed by atoms with E-state index >= 15 is 0 Å². The molecule has 0 unspecified atom stereocenters. The van der Waals surface area contributed by atoms with E-state index in [4.69, 9.17) is 9.72 Å². The highest BCUT2D eigenvalue weighted by atomic mass is 16.5. The average molecular weight is 470 g/mol. The lowest BCUT2D eigenvalue weighted by molar-refractivity contribution is 0.221. The van der Waals surface area contributed by atoms with Gasteiger partial charge in [0.25, 0.3) is 0 Å². The van der Waals surface area contributed by atoms with Crippen molar-refractivity contribution < 1.29 is 4.74 Å². The number of anilines is 3. The fraction of sp³-hybridized carbons (Fsp3) is 0.333. The van der Waals surface area contributed by atoms with E-state index in [1.165, 1.54) is 19.2 Å². The Bertz CT molecular complexity index is 1240. The van der Waals surface area contributed by atoms with Crippen molar-refractivity contribution in [3.8, 4) is 5.75 Å². The predicted molar refractivity (Wildman–Crippen MR) is 139 cm³/mol. The first-order valence-corrected chi connectivity index (χ1v) is 12.1. The number of hydrogen-bond acceptors (Lipinski definition) is 8. The molecule has 4 aromatic rings. The van der Waals surface area contributed by atoms with Crippen LogP contribution in [0.25, 0.3) is 11.0 Å². The van der Waals surface area contributed by atoms with E-state index in [1.807, 2.05) is 42.5 Å². The van der Waals surface area contributed by atoms with Crippen molar-refractivity contribution in [1.29, 1.82) is 0 Å². The number of fused-ring (bicyclic) bond motifs is 1. The molecule has 1 fully saturated rings. The van der Waals surface area contributed by atoms with Gasteiger partial charge in [0, 0.05) is 17.8 Å². The number of nitrogens with one attached hydrogen (secondary N) is 2. The number of ether oxygens (including phenoxy) is 1. The van der Waals surface area contributed by atoms with Crippen LogP contribution in [-0.4, -0.2) is 51.0 Å². The van der Waals surface area contributed by atoms with Gasteiger partial charge in [-0.15, -0.1) is 0 Å². The summed E-state index contributed by atoms with van der Waals surface area (Å²) in [7, 11) is 4.31. The molecule has 1 aliphatic carbocycles. The summed E-state index contributed by atoms with van der Waals surface area (Å²) in [6.45, 7) is 0.535. The van der Waals surface area contributed by atoms with Gasteiger partial charge in [0.2, 0.25) is 5.95 Å². The van der Waals surface area contributed by atoms with Gasteiger partial charge in [-0.05, 0) is 69.6 Å². The summed E-state index contributed by atoms with van der Waals surface area (Å²) in [4.78, 5) is 20.3. The molecule has 2 heterocycles. The molecule has 0 aliphatic heterocycles. The first-order chi connectivity index (χ1) is 17.1. The normalized spacial score (nSPS) is 17.9. The largest absolute Gasteiger partial charge is 0.489 e. The minimum atomic E-state index is 0.383. The molecule has 8 nitrogen and oxygen atoms in total. The Morgan fingerprint density at radius 3 is 2.43 bits per heavy atom. The van der Waals surface area contributed by atoms with E-state index in [1.54, 1.807) is 6.20 Å². The summed E-state index contributed by atoms with van der Waals surface area (Å²) in [6, 6.07) is 19.0. The Morgan fingerprint density at radius 1 is 0.914 bits per heavy atom. The van der Waals surface area contributed by atoms with Crippen molar-refractivity contribution in [3.63, 3.8) is 0 Å². The molecule has 1 aliphatic rings. The molecule has 0 spiro atoms. The van der Waals surface area contributed by atoms with Gasteiger partial charge in [0.15, 0.2) is 5.82 Å². The third-order valence-corrected chi connectivity index (χ3v) is 6.50. The Kier molecular flexibility index (Phi) is 6.99. The highest BCUT2D eigenvalue weighted by molar-refractivity contribution is 5.87. The van der Waals surface area contributed by atoms with Gasteiger partial charge in [0.1, 0.15) is 29.7 Å². The number of nitrogens with zero attached hydrogens (tertiary/aromatic N) is 5.